The van der Waals surface area contributed by atoms with E-state index in [4.69, 9.17) is 10.2 Å². The van der Waals surface area contributed by atoms with E-state index in [0.29, 0.717) is 29.9 Å². The van der Waals surface area contributed by atoms with Gasteiger partial charge in [-0.2, -0.15) is 0 Å². The molecule has 7 heteroatoms. The number of aromatic nitrogens is 2. The quantitative estimate of drug-likeness (QED) is 0.901. The highest BCUT2D eigenvalue weighted by atomic mass is 79.9. The molecule has 5 nitrogen and oxygen atoms in total. The number of hydrogen-bond acceptors (Lipinski definition) is 6. The Morgan fingerprint density at radius 1 is 1.29 bits per heavy atom. The van der Waals surface area contributed by atoms with Gasteiger partial charge in [0, 0.05) is 18.1 Å². The van der Waals surface area contributed by atoms with Gasteiger partial charge in [-0.1, -0.05) is 0 Å². The molecule has 2 fully saturated rings. The van der Waals surface area contributed by atoms with E-state index in [9.17, 15) is 0 Å². The second-order valence-electron chi connectivity index (χ2n) is 5.89. The summed E-state index contributed by atoms with van der Waals surface area (Å²) in [6.07, 6.45) is 4.68. The molecule has 0 amide bonds. The fourth-order valence-electron chi connectivity index (χ4n) is 3.58. The molecule has 21 heavy (non-hydrogen) atoms. The third-order valence-electron chi connectivity index (χ3n) is 4.49. The minimum atomic E-state index is 0.362. The first-order chi connectivity index (χ1) is 10.2. The van der Waals surface area contributed by atoms with Gasteiger partial charge in [0.05, 0.1) is 15.2 Å². The number of thiophene rings is 1. The van der Waals surface area contributed by atoms with Gasteiger partial charge in [0.15, 0.2) is 0 Å². The fraction of sp³-hybridized carbons (Fsp3) is 0.571. The third-order valence-corrected chi connectivity index (χ3v) is 6.10. The average molecular weight is 369 g/mol. The minimum Gasteiger partial charge on any atom is -0.419 e. The molecule has 2 saturated heterocycles. The molecule has 4 rings (SSSR count). The highest BCUT2D eigenvalue weighted by Crippen LogP contribution is 2.36. The molecule has 0 radical (unpaired) electrons. The zero-order valence-electron chi connectivity index (χ0n) is 11.5. The molecular formula is C14H17BrN4OS. The van der Waals surface area contributed by atoms with Gasteiger partial charge in [-0.05, 0) is 53.7 Å². The Kier molecular flexibility index (Phi) is 3.61. The number of halogens is 1. The molecule has 4 heterocycles. The molecule has 2 bridgehead atoms. The number of hydrogen-bond donors (Lipinski definition) is 1. The lowest BCUT2D eigenvalue weighted by molar-refractivity contribution is 0.109. The Morgan fingerprint density at radius 2 is 2.05 bits per heavy atom. The van der Waals surface area contributed by atoms with Crippen LogP contribution in [0.1, 0.15) is 31.6 Å². The van der Waals surface area contributed by atoms with Gasteiger partial charge < -0.3 is 10.2 Å². The molecule has 112 valence electrons. The van der Waals surface area contributed by atoms with Crippen LogP contribution in [0.2, 0.25) is 0 Å². The lowest BCUT2D eigenvalue weighted by atomic mass is 9.98. The molecule has 2 aromatic heterocycles. The van der Waals surface area contributed by atoms with Crippen molar-refractivity contribution in [3.63, 3.8) is 0 Å². The van der Waals surface area contributed by atoms with E-state index in [0.717, 1.165) is 28.0 Å². The molecule has 2 aliphatic rings. The smallest absolute Gasteiger partial charge is 0.257 e. The molecule has 0 aromatic carbocycles. The van der Waals surface area contributed by atoms with E-state index in [2.05, 4.69) is 31.0 Å². The topological polar surface area (TPSA) is 68.2 Å². The Bertz CT molecular complexity index is 628. The average Bonchev–Trinajstić information content (AvgIpc) is 3.12. The van der Waals surface area contributed by atoms with Crippen LogP contribution < -0.4 is 5.73 Å². The van der Waals surface area contributed by atoms with E-state index >= 15 is 0 Å². The van der Waals surface area contributed by atoms with Crippen molar-refractivity contribution in [1.29, 1.82) is 0 Å². The Hall–Kier alpha value is -0.760. The first-order valence-electron chi connectivity index (χ1n) is 7.28. The summed E-state index contributed by atoms with van der Waals surface area (Å²) in [4.78, 5) is 3.51. The van der Waals surface area contributed by atoms with Crippen molar-refractivity contribution in [3.8, 4) is 10.8 Å². The predicted octanol–water partition coefficient (Wildman–Crippen LogP) is 3.01. The molecule has 0 saturated carbocycles. The maximum atomic E-state index is 6.11. The monoisotopic (exact) mass is 368 g/mol. The number of nitrogens with zero attached hydrogens (tertiary/aromatic N) is 3. The van der Waals surface area contributed by atoms with Gasteiger partial charge in [0.2, 0.25) is 5.89 Å². The zero-order valence-corrected chi connectivity index (χ0v) is 13.9. The maximum absolute atomic E-state index is 6.11. The fourth-order valence-corrected chi connectivity index (χ4v) is 4.88. The zero-order chi connectivity index (χ0) is 14.4. The largest absolute Gasteiger partial charge is 0.419 e. The second-order valence-corrected chi connectivity index (χ2v) is 8.36. The van der Waals surface area contributed by atoms with Gasteiger partial charge in [-0.3, -0.25) is 4.90 Å². The van der Waals surface area contributed by atoms with E-state index in [-0.39, 0.29) is 0 Å². The molecule has 2 N–H and O–H groups in total. The van der Waals surface area contributed by atoms with Crippen LogP contribution in [0, 0.1) is 0 Å². The Morgan fingerprint density at radius 3 is 2.71 bits per heavy atom. The van der Waals surface area contributed by atoms with Crippen LogP contribution >= 0.6 is 27.3 Å². The van der Waals surface area contributed by atoms with E-state index in [1.54, 1.807) is 11.3 Å². The van der Waals surface area contributed by atoms with Crippen molar-refractivity contribution < 1.29 is 4.42 Å². The lowest BCUT2D eigenvalue weighted by Gasteiger charge is -2.36. The van der Waals surface area contributed by atoms with Crippen molar-refractivity contribution in [3.05, 3.63) is 21.8 Å². The standard InChI is InChI=1S/C14H17BrN4OS/c15-12-4-3-11(21-12)14-18-17-13(20-14)7-19-9-1-2-10(19)6-8(16)5-9/h3-4,8-10H,1-2,5-7,16H2. The minimum absolute atomic E-state index is 0.362. The highest BCUT2D eigenvalue weighted by molar-refractivity contribution is 9.11. The second kappa shape index (κ2) is 5.46. The van der Waals surface area contributed by atoms with Crippen LogP contribution in [-0.2, 0) is 6.54 Å². The molecule has 2 aliphatic heterocycles. The summed E-state index contributed by atoms with van der Waals surface area (Å²) in [6, 6.07) is 5.53. The van der Waals surface area contributed by atoms with Crippen molar-refractivity contribution in [2.24, 2.45) is 5.73 Å². The summed E-state index contributed by atoms with van der Waals surface area (Å²) in [5.41, 5.74) is 6.11. The molecule has 0 aliphatic carbocycles. The van der Waals surface area contributed by atoms with Crippen LogP contribution in [0.4, 0.5) is 0 Å². The molecule has 2 unspecified atom stereocenters. The van der Waals surface area contributed by atoms with Crippen LogP contribution in [0.5, 0.6) is 0 Å². The Labute approximate surface area is 135 Å². The number of nitrogens with two attached hydrogens (primary N) is 1. The van der Waals surface area contributed by atoms with Gasteiger partial charge >= 0.3 is 0 Å². The summed E-state index contributed by atoms with van der Waals surface area (Å²) in [5, 5.41) is 8.39. The number of rotatable bonds is 3. The molecule has 2 atom stereocenters. The normalized spacial score (nSPS) is 29.1. The molecule has 2 aromatic rings. The maximum Gasteiger partial charge on any atom is 0.257 e. The third kappa shape index (κ3) is 2.67. The molecule has 0 spiro atoms. The van der Waals surface area contributed by atoms with Crippen LogP contribution in [0.25, 0.3) is 10.8 Å². The van der Waals surface area contributed by atoms with Crippen LogP contribution in [0.15, 0.2) is 20.3 Å². The predicted molar refractivity (Wildman–Crippen MR) is 84.9 cm³/mol. The summed E-state index contributed by atoms with van der Waals surface area (Å²) < 4.78 is 6.90. The summed E-state index contributed by atoms with van der Waals surface area (Å²) >= 11 is 5.06. The lowest BCUT2D eigenvalue weighted by Crippen LogP contribution is -2.46. The van der Waals surface area contributed by atoms with Gasteiger partial charge in [-0.15, -0.1) is 21.5 Å². The van der Waals surface area contributed by atoms with Crippen LogP contribution in [0.3, 0.4) is 0 Å². The van der Waals surface area contributed by atoms with Crippen molar-refractivity contribution >= 4 is 27.3 Å². The number of fused-ring (bicyclic) bond motifs is 2. The van der Waals surface area contributed by atoms with Gasteiger partial charge in [-0.25, -0.2) is 0 Å². The van der Waals surface area contributed by atoms with Crippen molar-refractivity contribution in [2.75, 3.05) is 0 Å². The van der Waals surface area contributed by atoms with E-state index < -0.39 is 0 Å². The Balaban J connectivity index is 1.50. The van der Waals surface area contributed by atoms with Gasteiger partial charge in [0.1, 0.15) is 0 Å². The summed E-state index contributed by atoms with van der Waals surface area (Å²) in [6.45, 7) is 0.752. The van der Waals surface area contributed by atoms with Gasteiger partial charge in [0.25, 0.3) is 5.89 Å². The summed E-state index contributed by atoms with van der Waals surface area (Å²) in [7, 11) is 0. The van der Waals surface area contributed by atoms with Crippen molar-refractivity contribution in [1.82, 2.24) is 15.1 Å². The SMILES string of the molecule is NC1CC2CCC(C1)N2Cc1nnc(-c2ccc(Br)s2)o1. The van der Waals surface area contributed by atoms with E-state index in [1.165, 1.54) is 12.8 Å². The first-order valence-corrected chi connectivity index (χ1v) is 8.89. The highest BCUT2D eigenvalue weighted by Gasteiger charge is 2.40. The van der Waals surface area contributed by atoms with Crippen LogP contribution in [-0.4, -0.2) is 33.2 Å². The van der Waals surface area contributed by atoms with Crippen molar-refractivity contribution in [2.45, 2.75) is 50.4 Å². The number of piperidine rings is 1. The molecular weight excluding hydrogens is 352 g/mol. The summed E-state index contributed by atoms with van der Waals surface area (Å²) in [5.74, 6) is 1.32. The first kappa shape index (κ1) is 13.9. The van der Waals surface area contributed by atoms with E-state index in [1.807, 2.05) is 12.1 Å².